The van der Waals surface area contributed by atoms with E-state index in [9.17, 15) is 19.7 Å². The van der Waals surface area contributed by atoms with Crippen LogP contribution in [0.15, 0.2) is 65.6 Å². The van der Waals surface area contributed by atoms with Gasteiger partial charge in [-0.1, -0.05) is 29.8 Å². The number of ether oxygens (including phenoxy) is 1. The molecule has 148 valence electrons. The molecule has 29 heavy (non-hydrogen) atoms. The fraction of sp³-hybridized carbons (Fsp3) is 0.143. The standard InChI is InChI=1S/C21H18N2O5S/c1-15-5-11-18(12-6-15)28-14-13-22-20(24)19(29-21(22)25)4-2-3-16-7-9-17(10-8-16)23(26)27/h2-12H,13-14H2,1H3/b3-2+,19-4-. The molecule has 0 atom stereocenters. The van der Waals surface area contributed by atoms with E-state index in [2.05, 4.69) is 0 Å². The summed E-state index contributed by atoms with van der Waals surface area (Å²) in [5.41, 5.74) is 1.88. The van der Waals surface area contributed by atoms with Gasteiger partial charge in [0.15, 0.2) is 0 Å². The average Bonchev–Trinajstić information content (AvgIpc) is 2.97. The fourth-order valence-corrected chi connectivity index (χ4v) is 3.37. The molecule has 8 heteroatoms. The molecule has 0 N–H and O–H groups in total. The highest BCUT2D eigenvalue weighted by Crippen LogP contribution is 2.30. The molecule has 1 fully saturated rings. The zero-order valence-electron chi connectivity index (χ0n) is 15.6. The summed E-state index contributed by atoms with van der Waals surface area (Å²) in [7, 11) is 0. The average molecular weight is 410 g/mol. The molecular formula is C21H18N2O5S. The molecular weight excluding hydrogens is 392 g/mol. The molecule has 2 amide bonds. The summed E-state index contributed by atoms with van der Waals surface area (Å²) in [5.74, 6) is 0.324. The van der Waals surface area contributed by atoms with Crippen molar-refractivity contribution in [1.29, 1.82) is 0 Å². The van der Waals surface area contributed by atoms with E-state index in [1.54, 1.807) is 30.4 Å². The Labute approximate surface area is 171 Å². The molecule has 2 aromatic carbocycles. The van der Waals surface area contributed by atoms with E-state index >= 15 is 0 Å². The Bertz CT molecular complexity index is 981. The number of aryl methyl sites for hydroxylation is 1. The van der Waals surface area contributed by atoms with Gasteiger partial charge in [0.1, 0.15) is 12.4 Å². The van der Waals surface area contributed by atoms with Crippen molar-refractivity contribution in [2.45, 2.75) is 6.92 Å². The third-order valence-electron chi connectivity index (χ3n) is 4.12. The maximum Gasteiger partial charge on any atom is 0.293 e. The number of thioether (sulfide) groups is 1. The first-order chi connectivity index (χ1) is 13.9. The second-order valence-electron chi connectivity index (χ2n) is 6.22. The molecule has 7 nitrogen and oxygen atoms in total. The minimum Gasteiger partial charge on any atom is -0.492 e. The van der Waals surface area contributed by atoms with Crippen LogP contribution in [0.25, 0.3) is 6.08 Å². The Morgan fingerprint density at radius 2 is 1.79 bits per heavy atom. The number of imide groups is 1. The highest BCUT2D eigenvalue weighted by Gasteiger charge is 2.34. The summed E-state index contributed by atoms with van der Waals surface area (Å²) in [6, 6.07) is 13.6. The molecule has 0 unspecified atom stereocenters. The molecule has 1 saturated heterocycles. The van der Waals surface area contributed by atoms with Crippen molar-refractivity contribution in [3.63, 3.8) is 0 Å². The van der Waals surface area contributed by atoms with Crippen molar-refractivity contribution in [2.75, 3.05) is 13.2 Å². The van der Waals surface area contributed by atoms with Gasteiger partial charge >= 0.3 is 0 Å². The number of non-ortho nitro benzene ring substituents is 1. The number of nitro groups is 1. The van der Waals surface area contributed by atoms with Crippen LogP contribution >= 0.6 is 11.8 Å². The Morgan fingerprint density at radius 3 is 2.45 bits per heavy atom. The Kier molecular flexibility index (Phi) is 6.46. The minimum absolute atomic E-state index is 0.0103. The third-order valence-corrected chi connectivity index (χ3v) is 5.04. The maximum atomic E-state index is 12.4. The number of nitrogens with zero attached hydrogens (tertiary/aromatic N) is 2. The van der Waals surface area contributed by atoms with Crippen LogP contribution in [0, 0.1) is 17.0 Å². The first kappa shape index (κ1) is 20.3. The first-order valence-electron chi connectivity index (χ1n) is 8.80. The second kappa shape index (κ2) is 9.20. The van der Waals surface area contributed by atoms with E-state index in [4.69, 9.17) is 4.74 Å². The highest BCUT2D eigenvalue weighted by atomic mass is 32.2. The van der Waals surface area contributed by atoms with Crippen LogP contribution in [0.3, 0.4) is 0 Å². The Hall–Kier alpha value is -3.39. The normalized spacial score (nSPS) is 15.5. The summed E-state index contributed by atoms with van der Waals surface area (Å²) >= 11 is 0.874. The van der Waals surface area contributed by atoms with Gasteiger partial charge in [0, 0.05) is 12.1 Å². The molecule has 0 spiro atoms. The zero-order chi connectivity index (χ0) is 20.8. The van der Waals surface area contributed by atoms with Gasteiger partial charge in [-0.25, -0.2) is 0 Å². The number of benzene rings is 2. The maximum absolute atomic E-state index is 12.4. The quantitative estimate of drug-likeness (QED) is 0.377. The molecule has 3 rings (SSSR count). The van der Waals surface area contributed by atoms with Crippen molar-refractivity contribution in [2.24, 2.45) is 0 Å². The smallest absolute Gasteiger partial charge is 0.293 e. The van der Waals surface area contributed by atoms with Gasteiger partial charge in [-0.15, -0.1) is 0 Å². The van der Waals surface area contributed by atoms with Gasteiger partial charge in [0.25, 0.3) is 16.8 Å². The number of rotatable bonds is 7. The third kappa shape index (κ3) is 5.32. The monoisotopic (exact) mass is 410 g/mol. The van der Waals surface area contributed by atoms with Gasteiger partial charge in [-0.05, 0) is 54.6 Å². The van der Waals surface area contributed by atoms with Gasteiger partial charge in [0.2, 0.25) is 0 Å². The van der Waals surface area contributed by atoms with E-state index in [1.807, 2.05) is 31.2 Å². The number of amides is 2. The van der Waals surface area contributed by atoms with E-state index in [1.165, 1.54) is 12.1 Å². The van der Waals surface area contributed by atoms with Gasteiger partial charge in [0.05, 0.1) is 16.4 Å². The van der Waals surface area contributed by atoms with Crippen LogP contribution in [-0.4, -0.2) is 34.1 Å². The predicted molar refractivity (Wildman–Crippen MR) is 112 cm³/mol. The van der Waals surface area contributed by atoms with Crippen LogP contribution in [0.4, 0.5) is 10.5 Å². The first-order valence-corrected chi connectivity index (χ1v) is 9.61. The van der Waals surface area contributed by atoms with Crippen LogP contribution in [0.2, 0.25) is 0 Å². The predicted octanol–water partition coefficient (Wildman–Crippen LogP) is 4.57. The largest absolute Gasteiger partial charge is 0.492 e. The van der Waals surface area contributed by atoms with Crippen molar-refractivity contribution in [3.05, 3.63) is 86.8 Å². The van der Waals surface area contributed by atoms with Gasteiger partial charge in [-0.3, -0.25) is 24.6 Å². The summed E-state index contributed by atoms with van der Waals surface area (Å²) in [4.78, 5) is 36.2. The van der Waals surface area contributed by atoms with E-state index in [-0.39, 0.29) is 30.0 Å². The lowest BCUT2D eigenvalue weighted by Crippen LogP contribution is -2.32. The van der Waals surface area contributed by atoms with Gasteiger partial charge in [-0.2, -0.15) is 0 Å². The van der Waals surface area contributed by atoms with Gasteiger partial charge < -0.3 is 4.74 Å². The highest BCUT2D eigenvalue weighted by molar-refractivity contribution is 8.18. The number of carbonyl (C=O) groups excluding carboxylic acids is 2. The molecule has 0 bridgehead atoms. The topological polar surface area (TPSA) is 89.8 Å². The number of hydrogen-bond acceptors (Lipinski definition) is 6. The Morgan fingerprint density at radius 1 is 1.10 bits per heavy atom. The molecule has 0 aliphatic carbocycles. The molecule has 0 saturated carbocycles. The van der Waals surface area contributed by atoms with Crippen LogP contribution in [0.5, 0.6) is 5.75 Å². The van der Waals surface area contributed by atoms with Crippen molar-refractivity contribution in [1.82, 2.24) is 4.90 Å². The van der Waals surface area contributed by atoms with Crippen molar-refractivity contribution >= 4 is 34.7 Å². The van der Waals surface area contributed by atoms with Crippen LogP contribution < -0.4 is 4.74 Å². The number of hydrogen-bond donors (Lipinski definition) is 0. The molecule has 1 heterocycles. The zero-order valence-corrected chi connectivity index (χ0v) is 16.4. The number of carbonyl (C=O) groups is 2. The Balaban J connectivity index is 1.56. The van der Waals surface area contributed by atoms with Crippen LogP contribution in [-0.2, 0) is 4.79 Å². The molecule has 1 aliphatic rings. The van der Waals surface area contributed by atoms with E-state index < -0.39 is 4.92 Å². The van der Waals surface area contributed by atoms with Crippen molar-refractivity contribution in [3.8, 4) is 5.75 Å². The molecule has 0 aromatic heterocycles. The number of allylic oxidation sites excluding steroid dienone is 2. The number of nitro benzene ring substituents is 1. The fourth-order valence-electron chi connectivity index (χ4n) is 2.55. The molecule has 0 radical (unpaired) electrons. The van der Waals surface area contributed by atoms with E-state index in [0.717, 1.165) is 27.8 Å². The summed E-state index contributed by atoms with van der Waals surface area (Å²) in [6.07, 6.45) is 4.91. The lowest BCUT2D eigenvalue weighted by molar-refractivity contribution is -0.384. The van der Waals surface area contributed by atoms with Crippen LogP contribution in [0.1, 0.15) is 11.1 Å². The SMILES string of the molecule is Cc1ccc(OCCN2C(=O)S/C(=C\C=C\c3ccc([N+](=O)[O-])cc3)C2=O)cc1. The van der Waals surface area contributed by atoms with Crippen molar-refractivity contribution < 1.29 is 19.2 Å². The van der Waals surface area contributed by atoms with E-state index in [0.29, 0.717) is 10.7 Å². The lowest BCUT2D eigenvalue weighted by Gasteiger charge is -2.13. The molecule has 1 aliphatic heterocycles. The molecule has 2 aromatic rings. The lowest BCUT2D eigenvalue weighted by atomic mass is 10.2. The minimum atomic E-state index is -0.466. The summed E-state index contributed by atoms with van der Waals surface area (Å²) in [5, 5.41) is 10.3. The summed E-state index contributed by atoms with van der Waals surface area (Å²) in [6.45, 7) is 2.36. The summed E-state index contributed by atoms with van der Waals surface area (Å²) < 4.78 is 5.58. The second-order valence-corrected chi connectivity index (χ2v) is 7.22.